The highest BCUT2D eigenvalue weighted by Crippen LogP contribution is 2.29. The lowest BCUT2D eigenvalue weighted by atomic mass is 10.0. The molecule has 0 radical (unpaired) electrons. The molecule has 1 aliphatic rings. The van der Waals surface area contributed by atoms with Crippen LogP contribution in [0.4, 0.5) is 0 Å². The SMILES string of the molecule is CC(c1cscn1)N1CCC(n2cccc2C(=O)O)CC1. The van der Waals surface area contributed by atoms with Crippen molar-refractivity contribution in [3.8, 4) is 0 Å². The van der Waals surface area contributed by atoms with Gasteiger partial charge in [0.05, 0.1) is 17.2 Å². The molecule has 21 heavy (non-hydrogen) atoms. The minimum absolute atomic E-state index is 0.282. The Hall–Kier alpha value is -1.66. The third-order valence-electron chi connectivity index (χ3n) is 4.32. The third kappa shape index (κ3) is 2.87. The highest BCUT2D eigenvalue weighted by Gasteiger charge is 2.26. The second kappa shape index (κ2) is 5.99. The molecule has 1 saturated heterocycles. The highest BCUT2D eigenvalue weighted by atomic mass is 32.1. The number of thiazole rings is 1. The van der Waals surface area contributed by atoms with Gasteiger partial charge in [0.2, 0.25) is 0 Å². The van der Waals surface area contributed by atoms with Crippen molar-refractivity contribution in [2.45, 2.75) is 31.8 Å². The Kier molecular flexibility index (Phi) is 4.07. The van der Waals surface area contributed by atoms with Crippen LogP contribution >= 0.6 is 11.3 Å². The Morgan fingerprint density at radius 1 is 1.48 bits per heavy atom. The molecule has 112 valence electrons. The molecule has 6 heteroatoms. The number of rotatable bonds is 4. The molecule has 3 heterocycles. The Morgan fingerprint density at radius 3 is 2.86 bits per heavy atom. The Labute approximate surface area is 127 Å². The van der Waals surface area contributed by atoms with E-state index in [1.807, 2.05) is 22.3 Å². The van der Waals surface area contributed by atoms with Crippen molar-refractivity contribution in [1.82, 2.24) is 14.5 Å². The number of aromatic nitrogens is 2. The molecule has 2 aromatic heterocycles. The zero-order chi connectivity index (χ0) is 14.8. The standard InChI is InChI=1S/C15H19N3O2S/c1-11(13-9-21-10-16-13)17-7-4-12(5-8-17)18-6-2-3-14(18)15(19)20/h2-3,6,9-12H,4-5,7-8H2,1H3,(H,19,20). The summed E-state index contributed by atoms with van der Waals surface area (Å²) < 4.78 is 1.91. The van der Waals surface area contributed by atoms with Gasteiger partial charge < -0.3 is 9.67 Å². The van der Waals surface area contributed by atoms with Crippen LogP contribution in [0.15, 0.2) is 29.2 Å². The number of likely N-dealkylation sites (tertiary alicyclic amines) is 1. The number of carbonyl (C=O) groups is 1. The summed E-state index contributed by atoms with van der Waals surface area (Å²) in [5.74, 6) is -0.849. The molecule has 1 atom stereocenters. The summed E-state index contributed by atoms with van der Waals surface area (Å²) in [7, 11) is 0. The molecule has 1 aliphatic heterocycles. The fourth-order valence-electron chi connectivity index (χ4n) is 3.06. The van der Waals surface area contributed by atoms with Crippen molar-refractivity contribution in [2.24, 2.45) is 0 Å². The quantitative estimate of drug-likeness (QED) is 0.943. The van der Waals surface area contributed by atoms with E-state index in [-0.39, 0.29) is 6.04 Å². The second-order valence-corrected chi connectivity index (χ2v) is 6.18. The molecule has 0 saturated carbocycles. The van der Waals surface area contributed by atoms with Crippen LogP contribution in [-0.4, -0.2) is 38.6 Å². The van der Waals surface area contributed by atoms with Crippen molar-refractivity contribution in [1.29, 1.82) is 0 Å². The predicted molar refractivity (Wildman–Crippen MR) is 81.8 cm³/mol. The lowest BCUT2D eigenvalue weighted by Gasteiger charge is -2.36. The fourth-order valence-corrected chi connectivity index (χ4v) is 3.70. The minimum atomic E-state index is -0.849. The average Bonchev–Trinajstić information content (AvgIpc) is 3.18. The van der Waals surface area contributed by atoms with E-state index in [9.17, 15) is 9.90 Å². The van der Waals surface area contributed by atoms with E-state index in [0.717, 1.165) is 31.6 Å². The first-order valence-electron chi connectivity index (χ1n) is 7.19. The molecule has 5 nitrogen and oxygen atoms in total. The van der Waals surface area contributed by atoms with Crippen LogP contribution in [0, 0.1) is 0 Å². The third-order valence-corrected chi connectivity index (χ3v) is 4.92. The summed E-state index contributed by atoms with van der Waals surface area (Å²) in [5.41, 5.74) is 3.39. The van der Waals surface area contributed by atoms with Gasteiger partial charge >= 0.3 is 5.97 Å². The topological polar surface area (TPSA) is 58.4 Å². The Balaban J connectivity index is 1.65. The van der Waals surface area contributed by atoms with Gasteiger partial charge in [-0.25, -0.2) is 9.78 Å². The minimum Gasteiger partial charge on any atom is -0.477 e. The first kappa shape index (κ1) is 14.3. The first-order valence-corrected chi connectivity index (χ1v) is 8.13. The van der Waals surface area contributed by atoms with Crippen molar-refractivity contribution in [3.63, 3.8) is 0 Å². The first-order chi connectivity index (χ1) is 10.2. The summed E-state index contributed by atoms with van der Waals surface area (Å²) in [6, 6.07) is 4.10. The lowest BCUT2D eigenvalue weighted by Crippen LogP contribution is -2.37. The summed E-state index contributed by atoms with van der Waals surface area (Å²) in [6.07, 6.45) is 3.83. The fraction of sp³-hybridized carbons (Fsp3) is 0.467. The zero-order valence-corrected chi connectivity index (χ0v) is 12.8. The molecular weight excluding hydrogens is 286 g/mol. The van der Waals surface area contributed by atoms with Crippen molar-refractivity contribution >= 4 is 17.3 Å². The number of carboxylic acids is 1. The van der Waals surface area contributed by atoms with Crippen molar-refractivity contribution in [2.75, 3.05) is 13.1 Å². The molecule has 1 unspecified atom stereocenters. The van der Waals surface area contributed by atoms with Crippen LogP contribution in [0.5, 0.6) is 0 Å². The van der Waals surface area contributed by atoms with Crippen LogP contribution in [0.2, 0.25) is 0 Å². The molecule has 0 amide bonds. The summed E-state index contributed by atoms with van der Waals surface area (Å²) in [5, 5.41) is 11.3. The Morgan fingerprint density at radius 2 is 2.24 bits per heavy atom. The molecule has 3 rings (SSSR count). The van der Waals surface area contributed by atoms with Gasteiger partial charge in [-0.2, -0.15) is 0 Å². The number of hydrogen-bond donors (Lipinski definition) is 1. The maximum absolute atomic E-state index is 11.2. The van der Waals surface area contributed by atoms with Gasteiger partial charge in [-0.15, -0.1) is 11.3 Å². The molecule has 0 spiro atoms. The Bertz CT molecular complexity index is 600. The van der Waals surface area contributed by atoms with E-state index < -0.39 is 5.97 Å². The maximum atomic E-state index is 11.2. The van der Waals surface area contributed by atoms with Gasteiger partial charge in [0.15, 0.2) is 0 Å². The molecule has 2 aromatic rings. The van der Waals surface area contributed by atoms with Gasteiger partial charge in [-0.3, -0.25) is 4.90 Å². The van der Waals surface area contributed by atoms with E-state index in [0.29, 0.717) is 11.7 Å². The number of carboxylic acid groups (broad SMARTS) is 1. The summed E-state index contributed by atoms with van der Waals surface area (Å²) in [6.45, 7) is 4.13. The van der Waals surface area contributed by atoms with E-state index in [4.69, 9.17) is 0 Å². The zero-order valence-electron chi connectivity index (χ0n) is 12.0. The van der Waals surface area contributed by atoms with Crippen molar-refractivity contribution < 1.29 is 9.90 Å². The molecule has 0 bridgehead atoms. The largest absolute Gasteiger partial charge is 0.477 e. The second-order valence-electron chi connectivity index (χ2n) is 5.46. The molecular formula is C15H19N3O2S. The van der Waals surface area contributed by atoms with Crippen LogP contribution < -0.4 is 0 Å². The summed E-state index contributed by atoms with van der Waals surface area (Å²) >= 11 is 1.63. The average molecular weight is 305 g/mol. The van der Waals surface area contributed by atoms with Crippen molar-refractivity contribution in [3.05, 3.63) is 40.6 Å². The normalized spacial score (nSPS) is 18.7. The van der Waals surface area contributed by atoms with Gasteiger partial charge in [0.25, 0.3) is 0 Å². The van der Waals surface area contributed by atoms with E-state index in [1.165, 1.54) is 0 Å². The van der Waals surface area contributed by atoms with Crippen LogP contribution in [0.3, 0.4) is 0 Å². The van der Waals surface area contributed by atoms with Gasteiger partial charge in [0.1, 0.15) is 5.69 Å². The number of aromatic carboxylic acids is 1. The van der Waals surface area contributed by atoms with Crippen LogP contribution in [0.1, 0.15) is 48.0 Å². The highest BCUT2D eigenvalue weighted by molar-refractivity contribution is 7.07. The predicted octanol–water partition coefficient (Wildman–Crippen LogP) is 3.04. The van der Waals surface area contributed by atoms with E-state index in [2.05, 4.69) is 22.2 Å². The van der Waals surface area contributed by atoms with Gasteiger partial charge in [-0.1, -0.05) is 0 Å². The van der Waals surface area contributed by atoms with Crippen LogP contribution in [-0.2, 0) is 0 Å². The lowest BCUT2D eigenvalue weighted by molar-refractivity contribution is 0.0676. The summed E-state index contributed by atoms with van der Waals surface area (Å²) in [4.78, 5) is 18.0. The number of hydrogen-bond acceptors (Lipinski definition) is 4. The smallest absolute Gasteiger partial charge is 0.352 e. The molecule has 1 N–H and O–H groups in total. The number of piperidine rings is 1. The molecule has 1 fully saturated rings. The molecule has 0 aromatic carbocycles. The van der Waals surface area contributed by atoms with Crippen LogP contribution in [0.25, 0.3) is 0 Å². The monoisotopic (exact) mass is 305 g/mol. The number of nitrogens with zero attached hydrogens (tertiary/aromatic N) is 3. The molecule has 0 aliphatic carbocycles. The van der Waals surface area contributed by atoms with E-state index in [1.54, 1.807) is 17.4 Å². The maximum Gasteiger partial charge on any atom is 0.352 e. The van der Waals surface area contributed by atoms with Gasteiger partial charge in [-0.05, 0) is 31.9 Å². The van der Waals surface area contributed by atoms with Gasteiger partial charge in [0, 0.05) is 30.7 Å². The van der Waals surface area contributed by atoms with E-state index >= 15 is 0 Å².